The molecule has 2 aromatic heterocycles. The van der Waals surface area contributed by atoms with E-state index >= 15 is 0 Å². The molecule has 7 nitrogen and oxygen atoms in total. The summed E-state index contributed by atoms with van der Waals surface area (Å²) in [6.07, 6.45) is 3.37. The molecule has 4 heterocycles. The Labute approximate surface area is 157 Å². The maximum atomic E-state index is 12.8. The van der Waals surface area contributed by atoms with Crippen LogP contribution in [0.3, 0.4) is 0 Å². The first kappa shape index (κ1) is 16.5. The Balaban J connectivity index is 1.30. The average molecular weight is 365 g/mol. The van der Waals surface area contributed by atoms with Crippen molar-refractivity contribution in [3.05, 3.63) is 47.7 Å². The van der Waals surface area contributed by atoms with E-state index in [0.717, 1.165) is 68.1 Å². The molecule has 140 valence electrons. The zero-order chi connectivity index (χ0) is 18.2. The quantitative estimate of drug-likeness (QED) is 0.714. The number of furan rings is 1. The molecule has 5 rings (SSSR count). The maximum absolute atomic E-state index is 12.8. The van der Waals surface area contributed by atoms with Crippen molar-refractivity contribution in [2.24, 2.45) is 0 Å². The minimum Gasteiger partial charge on any atom is -0.460 e. The smallest absolute Gasteiger partial charge is 0.291 e. The number of benzene rings is 1. The summed E-state index contributed by atoms with van der Waals surface area (Å²) in [5, 5.41) is 9.65. The molecule has 1 fully saturated rings. The Morgan fingerprint density at radius 2 is 1.89 bits per heavy atom. The highest BCUT2D eigenvalue weighted by Gasteiger charge is 2.28. The lowest BCUT2D eigenvalue weighted by atomic mass is 10.1. The second-order valence-electron chi connectivity index (χ2n) is 7.41. The van der Waals surface area contributed by atoms with Crippen LogP contribution in [-0.4, -0.2) is 50.1 Å². The lowest BCUT2D eigenvalue weighted by molar-refractivity contribution is 0.0702. The maximum Gasteiger partial charge on any atom is 0.291 e. The molecule has 1 aromatic carbocycles. The van der Waals surface area contributed by atoms with Crippen LogP contribution in [0.25, 0.3) is 11.0 Å². The zero-order valence-corrected chi connectivity index (χ0v) is 15.3. The van der Waals surface area contributed by atoms with Crippen molar-refractivity contribution in [1.82, 2.24) is 24.6 Å². The number of aromatic nitrogens is 3. The van der Waals surface area contributed by atoms with E-state index < -0.39 is 0 Å². The molecule has 2 aliphatic rings. The van der Waals surface area contributed by atoms with Crippen molar-refractivity contribution < 1.29 is 9.21 Å². The number of hydrogen-bond donors (Lipinski definition) is 0. The normalized spacial score (nSPS) is 18.0. The summed E-state index contributed by atoms with van der Waals surface area (Å²) in [7, 11) is 0. The molecule has 1 saturated heterocycles. The Kier molecular flexibility index (Phi) is 4.16. The minimum atomic E-state index is 0.0270. The number of rotatable bonds is 3. The Bertz CT molecular complexity index is 937. The SMILES string of the molecule is O=C(c1nnc2n1CCN(Cc1cc3ccccc3o1)C2)N1CCCCC1. The number of fused-ring (bicyclic) bond motifs is 2. The zero-order valence-electron chi connectivity index (χ0n) is 15.3. The number of hydrogen-bond acceptors (Lipinski definition) is 5. The van der Waals surface area contributed by atoms with Crippen molar-refractivity contribution >= 4 is 16.9 Å². The fourth-order valence-electron chi connectivity index (χ4n) is 4.07. The molecule has 0 unspecified atom stereocenters. The molecule has 2 aliphatic heterocycles. The van der Waals surface area contributed by atoms with Crippen LogP contribution in [0, 0.1) is 0 Å². The van der Waals surface area contributed by atoms with Gasteiger partial charge in [0.2, 0.25) is 5.82 Å². The number of carbonyl (C=O) groups excluding carboxylic acids is 1. The molecule has 0 atom stereocenters. The van der Waals surface area contributed by atoms with Gasteiger partial charge in [-0.3, -0.25) is 9.69 Å². The number of para-hydroxylation sites is 1. The van der Waals surface area contributed by atoms with Gasteiger partial charge in [-0.05, 0) is 31.4 Å². The van der Waals surface area contributed by atoms with Gasteiger partial charge in [0.15, 0.2) is 0 Å². The van der Waals surface area contributed by atoms with Gasteiger partial charge in [0, 0.05) is 31.6 Å². The van der Waals surface area contributed by atoms with Crippen LogP contribution in [0.2, 0.25) is 0 Å². The van der Waals surface area contributed by atoms with Crippen LogP contribution in [0.5, 0.6) is 0 Å². The Morgan fingerprint density at radius 1 is 1.04 bits per heavy atom. The van der Waals surface area contributed by atoms with Gasteiger partial charge >= 0.3 is 0 Å². The van der Waals surface area contributed by atoms with Gasteiger partial charge in [0.25, 0.3) is 5.91 Å². The van der Waals surface area contributed by atoms with Gasteiger partial charge in [-0.2, -0.15) is 0 Å². The van der Waals surface area contributed by atoms with E-state index in [0.29, 0.717) is 12.4 Å². The number of nitrogens with zero attached hydrogens (tertiary/aromatic N) is 5. The number of likely N-dealkylation sites (tertiary alicyclic amines) is 1. The van der Waals surface area contributed by atoms with Crippen LogP contribution in [0.4, 0.5) is 0 Å². The molecule has 0 aliphatic carbocycles. The van der Waals surface area contributed by atoms with Crippen LogP contribution in [0.15, 0.2) is 34.7 Å². The molecule has 0 N–H and O–H groups in total. The Morgan fingerprint density at radius 3 is 2.74 bits per heavy atom. The molecular formula is C20H23N5O2. The average Bonchev–Trinajstić information content (AvgIpc) is 3.31. The fraction of sp³-hybridized carbons (Fsp3) is 0.450. The first-order valence-corrected chi connectivity index (χ1v) is 9.69. The number of piperidine rings is 1. The monoisotopic (exact) mass is 365 g/mol. The molecule has 7 heteroatoms. The van der Waals surface area contributed by atoms with Crippen LogP contribution < -0.4 is 0 Å². The predicted octanol–water partition coefficient (Wildman–Crippen LogP) is 2.67. The van der Waals surface area contributed by atoms with E-state index in [9.17, 15) is 4.79 Å². The summed E-state index contributed by atoms with van der Waals surface area (Å²) in [6.45, 7) is 4.66. The molecule has 0 saturated carbocycles. The highest BCUT2D eigenvalue weighted by molar-refractivity contribution is 5.90. The van der Waals surface area contributed by atoms with E-state index in [1.54, 1.807) is 0 Å². The van der Waals surface area contributed by atoms with E-state index in [4.69, 9.17) is 4.42 Å². The summed E-state index contributed by atoms with van der Waals surface area (Å²) >= 11 is 0. The second kappa shape index (κ2) is 6.81. The van der Waals surface area contributed by atoms with Crippen molar-refractivity contribution in [3.63, 3.8) is 0 Å². The van der Waals surface area contributed by atoms with Gasteiger partial charge in [-0.15, -0.1) is 10.2 Å². The van der Waals surface area contributed by atoms with Gasteiger partial charge in [0.1, 0.15) is 17.2 Å². The largest absolute Gasteiger partial charge is 0.460 e. The molecular weight excluding hydrogens is 342 g/mol. The predicted molar refractivity (Wildman–Crippen MR) is 100 cm³/mol. The lowest BCUT2D eigenvalue weighted by Crippen LogP contribution is -2.39. The van der Waals surface area contributed by atoms with Crippen molar-refractivity contribution in [2.75, 3.05) is 19.6 Å². The molecule has 0 radical (unpaired) electrons. The Hall–Kier alpha value is -2.67. The molecule has 1 amide bonds. The third kappa shape index (κ3) is 3.12. The lowest BCUT2D eigenvalue weighted by Gasteiger charge is -2.29. The van der Waals surface area contributed by atoms with Crippen molar-refractivity contribution in [2.45, 2.75) is 38.9 Å². The van der Waals surface area contributed by atoms with Crippen LogP contribution in [0.1, 0.15) is 41.5 Å². The molecule has 0 spiro atoms. The standard InChI is InChI=1S/C20H23N5O2/c26-20(24-8-4-1-5-9-24)19-22-21-18-14-23(10-11-25(18)19)13-16-12-15-6-2-3-7-17(15)27-16/h2-3,6-7,12H,1,4-5,8-11,13-14H2. The summed E-state index contributed by atoms with van der Waals surface area (Å²) in [5.74, 6) is 2.33. The highest BCUT2D eigenvalue weighted by atomic mass is 16.3. The van der Waals surface area contributed by atoms with E-state index in [-0.39, 0.29) is 5.91 Å². The van der Waals surface area contributed by atoms with E-state index in [1.807, 2.05) is 27.7 Å². The summed E-state index contributed by atoms with van der Waals surface area (Å²) < 4.78 is 7.93. The molecule has 3 aromatic rings. The number of amides is 1. The third-order valence-electron chi connectivity index (χ3n) is 5.52. The topological polar surface area (TPSA) is 67.4 Å². The number of carbonyl (C=O) groups is 1. The first-order chi connectivity index (χ1) is 13.3. The van der Waals surface area contributed by atoms with Crippen LogP contribution in [-0.2, 0) is 19.6 Å². The van der Waals surface area contributed by atoms with Gasteiger partial charge in [-0.25, -0.2) is 0 Å². The summed E-state index contributed by atoms with van der Waals surface area (Å²) in [6, 6.07) is 10.2. The van der Waals surface area contributed by atoms with Gasteiger partial charge in [0.05, 0.1) is 13.1 Å². The van der Waals surface area contributed by atoms with Crippen molar-refractivity contribution in [3.8, 4) is 0 Å². The first-order valence-electron chi connectivity index (χ1n) is 9.69. The van der Waals surface area contributed by atoms with Crippen LogP contribution >= 0.6 is 0 Å². The summed E-state index contributed by atoms with van der Waals surface area (Å²) in [4.78, 5) is 17.0. The molecule has 27 heavy (non-hydrogen) atoms. The van der Waals surface area contributed by atoms with Gasteiger partial charge in [-0.1, -0.05) is 18.2 Å². The molecule has 0 bridgehead atoms. The second-order valence-corrected chi connectivity index (χ2v) is 7.41. The van der Waals surface area contributed by atoms with E-state index in [2.05, 4.69) is 27.2 Å². The minimum absolute atomic E-state index is 0.0270. The fourth-order valence-corrected chi connectivity index (χ4v) is 4.07. The van der Waals surface area contributed by atoms with Crippen molar-refractivity contribution in [1.29, 1.82) is 0 Å². The summed E-state index contributed by atoms with van der Waals surface area (Å²) in [5.41, 5.74) is 0.919. The third-order valence-corrected chi connectivity index (χ3v) is 5.52. The highest BCUT2D eigenvalue weighted by Crippen LogP contribution is 2.22. The van der Waals surface area contributed by atoms with E-state index in [1.165, 1.54) is 6.42 Å². The van der Waals surface area contributed by atoms with Gasteiger partial charge < -0.3 is 13.9 Å².